The molecule has 0 unspecified atom stereocenters. The fourth-order valence-corrected chi connectivity index (χ4v) is 2.37. The smallest absolute Gasteiger partial charge is 0.325 e. The van der Waals surface area contributed by atoms with Gasteiger partial charge in [-0.2, -0.15) is 0 Å². The Labute approximate surface area is 148 Å². The highest BCUT2D eigenvalue weighted by atomic mass is 16.6. The van der Waals surface area contributed by atoms with Crippen LogP contribution in [0, 0.1) is 0 Å². The lowest BCUT2D eigenvalue weighted by Gasteiger charge is -2.19. The topological polar surface area (TPSA) is 64.6 Å². The van der Waals surface area contributed by atoms with Crippen LogP contribution in [-0.4, -0.2) is 30.6 Å². The van der Waals surface area contributed by atoms with Gasteiger partial charge in [-0.1, -0.05) is 36.4 Å². The molecule has 0 saturated heterocycles. The third kappa shape index (κ3) is 6.45. The summed E-state index contributed by atoms with van der Waals surface area (Å²) in [7, 11) is 0. The van der Waals surface area contributed by atoms with Crippen molar-refractivity contribution in [3.63, 3.8) is 0 Å². The molecule has 1 N–H and O–H groups in total. The molecule has 25 heavy (non-hydrogen) atoms. The largest absolute Gasteiger partial charge is 0.493 e. The number of hydrogen-bond acceptors (Lipinski definition) is 4. The third-order valence-electron chi connectivity index (χ3n) is 3.41. The number of fused-ring (bicyclic) bond motifs is 1. The minimum Gasteiger partial charge on any atom is -0.493 e. The summed E-state index contributed by atoms with van der Waals surface area (Å²) >= 11 is 0. The van der Waals surface area contributed by atoms with Crippen LogP contribution >= 0.6 is 0 Å². The molecule has 0 saturated carbocycles. The lowest BCUT2D eigenvalue weighted by Crippen LogP contribution is -2.34. The molecular formula is C20H25NO4. The summed E-state index contributed by atoms with van der Waals surface area (Å²) in [5, 5.41) is 4.74. The van der Waals surface area contributed by atoms with Gasteiger partial charge >= 0.3 is 5.97 Å². The van der Waals surface area contributed by atoms with Gasteiger partial charge in [-0.05, 0) is 38.6 Å². The predicted molar refractivity (Wildman–Crippen MR) is 97.5 cm³/mol. The zero-order valence-corrected chi connectivity index (χ0v) is 15.0. The first-order chi connectivity index (χ1) is 11.8. The van der Waals surface area contributed by atoms with E-state index in [0.29, 0.717) is 19.4 Å². The standard InChI is InChI=1S/C20H25NO4/c1-20(2,3)25-19(23)14-21-18(22)12-7-13-24-17-11-6-9-15-8-4-5-10-16(15)17/h4-6,8-11H,7,12-14H2,1-3H3,(H,21,22). The maximum absolute atomic E-state index is 11.8. The average Bonchev–Trinajstić information content (AvgIpc) is 2.55. The minimum atomic E-state index is -0.548. The SMILES string of the molecule is CC(C)(C)OC(=O)CNC(=O)CCCOc1cccc2ccccc12. The molecule has 134 valence electrons. The van der Waals surface area contributed by atoms with E-state index in [1.54, 1.807) is 20.8 Å². The molecule has 0 aliphatic carbocycles. The van der Waals surface area contributed by atoms with Crippen molar-refractivity contribution in [2.45, 2.75) is 39.2 Å². The molecule has 5 nitrogen and oxygen atoms in total. The van der Waals surface area contributed by atoms with Gasteiger partial charge in [0, 0.05) is 11.8 Å². The van der Waals surface area contributed by atoms with Gasteiger partial charge in [0.05, 0.1) is 6.61 Å². The summed E-state index contributed by atoms with van der Waals surface area (Å²) in [6.07, 6.45) is 0.872. The molecule has 1 amide bonds. The van der Waals surface area contributed by atoms with Crippen LogP contribution < -0.4 is 10.1 Å². The summed E-state index contributed by atoms with van der Waals surface area (Å²) in [4.78, 5) is 23.3. The minimum absolute atomic E-state index is 0.111. The van der Waals surface area contributed by atoms with E-state index < -0.39 is 11.6 Å². The number of benzene rings is 2. The van der Waals surface area contributed by atoms with Gasteiger partial charge in [0.25, 0.3) is 0 Å². The number of esters is 1. The fourth-order valence-electron chi connectivity index (χ4n) is 2.37. The van der Waals surface area contributed by atoms with E-state index in [1.807, 2.05) is 42.5 Å². The average molecular weight is 343 g/mol. The Kier molecular flexibility index (Phi) is 6.39. The van der Waals surface area contributed by atoms with E-state index in [-0.39, 0.29) is 12.5 Å². The van der Waals surface area contributed by atoms with Gasteiger partial charge in [-0.15, -0.1) is 0 Å². The highest BCUT2D eigenvalue weighted by Gasteiger charge is 2.16. The van der Waals surface area contributed by atoms with E-state index in [0.717, 1.165) is 16.5 Å². The quantitative estimate of drug-likeness (QED) is 0.618. The molecule has 2 rings (SSSR count). The second-order valence-corrected chi connectivity index (χ2v) is 6.79. The summed E-state index contributed by atoms with van der Waals surface area (Å²) in [5.74, 6) is 0.187. The van der Waals surface area contributed by atoms with Crippen molar-refractivity contribution in [2.75, 3.05) is 13.2 Å². The first-order valence-corrected chi connectivity index (χ1v) is 8.44. The monoisotopic (exact) mass is 343 g/mol. The molecule has 0 radical (unpaired) electrons. The highest BCUT2D eigenvalue weighted by Crippen LogP contribution is 2.25. The van der Waals surface area contributed by atoms with Crippen LogP contribution in [0.25, 0.3) is 10.8 Å². The number of rotatable bonds is 7. The van der Waals surface area contributed by atoms with Gasteiger partial charge in [0.15, 0.2) is 0 Å². The van der Waals surface area contributed by atoms with Crippen LogP contribution in [0.15, 0.2) is 42.5 Å². The van der Waals surface area contributed by atoms with E-state index in [2.05, 4.69) is 5.32 Å². The van der Waals surface area contributed by atoms with Crippen LogP contribution in [0.1, 0.15) is 33.6 Å². The molecule has 0 spiro atoms. The van der Waals surface area contributed by atoms with E-state index >= 15 is 0 Å². The lowest BCUT2D eigenvalue weighted by molar-refractivity contribution is -0.154. The van der Waals surface area contributed by atoms with Crippen LogP contribution in [0.2, 0.25) is 0 Å². The molecule has 0 atom stereocenters. The molecule has 0 fully saturated rings. The number of ether oxygens (including phenoxy) is 2. The first-order valence-electron chi connectivity index (χ1n) is 8.44. The van der Waals surface area contributed by atoms with Crippen molar-refractivity contribution in [2.24, 2.45) is 0 Å². The number of amides is 1. The molecule has 0 heterocycles. The summed E-state index contributed by atoms with van der Waals surface area (Å²) in [5.41, 5.74) is -0.548. The second-order valence-electron chi connectivity index (χ2n) is 6.79. The van der Waals surface area contributed by atoms with Crippen molar-refractivity contribution in [3.05, 3.63) is 42.5 Å². The van der Waals surface area contributed by atoms with Crippen LogP contribution in [0.4, 0.5) is 0 Å². The summed E-state index contributed by atoms with van der Waals surface area (Å²) < 4.78 is 10.9. The molecule has 2 aromatic carbocycles. The van der Waals surface area contributed by atoms with Crippen molar-refractivity contribution >= 4 is 22.6 Å². The second kappa shape index (κ2) is 8.51. The first kappa shape index (κ1) is 18.8. The van der Waals surface area contributed by atoms with Gasteiger partial charge in [0.2, 0.25) is 5.91 Å². The Morgan fingerprint density at radius 1 is 1.04 bits per heavy atom. The summed E-state index contributed by atoms with van der Waals surface area (Å²) in [6, 6.07) is 13.9. The normalized spacial score (nSPS) is 11.2. The van der Waals surface area contributed by atoms with Crippen LogP contribution in [0.3, 0.4) is 0 Å². The maximum Gasteiger partial charge on any atom is 0.325 e. The van der Waals surface area contributed by atoms with Gasteiger partial charge < -0.3 is 14.8 Å². The molecule has 0 aliphatic heterocycles. The zero-order valence-electron chi connectivity index (χ0n) is 15.0. The highest BCUT2D eigenvalue weighted by molar-refractivity contribution is 5.88. The Hall–Kier alpha value is -2.56. The lowest BCUT2D eigenvalue weighted by atomic mass is 10.1. The number of nitrogens with one attached hydrogen (secondary N) is 1. The van der Waals surface area contributed by atoms with Gasteiger partial charge in [-0.3, -0.25) is 9.59 Å². The third-order valence-corrected chi connectivity index (χ3v) is 3.41. The molecule has 0 bridgehead atoms. The number of hydrogen-bond donors (Lipinski definition) is 1. The van der Waals surface area contributed by atoms with Crippen molar-refractivity contribution in [1.82, 2.24) is 5.32 Å². The van der Waals surface area contributed by atoms with Crippen molar-refractivity contribution in [1.29, 1.82) is 0 Å². The van der Waals surface area contributed by atoms with E-state index in [1.165, 1.54) is 0 Å². The molecule has 0 aliphatic rings. The van der Waals surface area contributed by atoms with Crippen molar-refractivity contribution < 1.29 is 19.1 Å². The van der Waals surface area contributed by atoms with Gasteiger partial charge in [-0.25, -0.2) is 0 Å². The Morgan fingerprint density at radius 3 is 2.52 bits per heavy atom. The Balaban J connectivity index is 1.70. The Morgan fingerprint density at radius 2 is 1.76 bits per heavy atom. The molecule has 2 aromatic rings. The van der Waals surface area contributed by atoms with E-state index in [4.69, 9.17) is 9.47 Å². The predicted octanol–water partition coefficient (Wildman–Crippen LogP) is 3.46. The number of carbonyl (C=O) groups excluding carboxylic acids is 2. The molecule has 0 aromatic heterocycles. The molecular weight excluding hydrogens is 318 g/mol. The number of carbonyl (C=O) groups is 2. The van der Waals surface area contributed by atoms with Crippen LogP contribution in [-0.2, 0) is 14.3 Å². The Bertz CT molecular complexity index is 729. The molecule has 5 heteroatoms. The van der Waals surface area contributed by atoms with Crippen molar-refractivity contribution in [3.8, 4) is 5.75 Å². The fraction of sp³-hybridized carbons (Fsp3) is 0.400. The maximum atomic E-state index is 11.8. The zero-order chi connectivity index (χ0) is 18.3. The van der Waals surface area contributed by atoms with Gasteiger partial charge in [0.1, 0.15) is 17.9 Å². The van der Waals surface area contributed by atoms with E-state index in [9.17, 15) is 9.59 Å². The van der Waals surface area contributed by atoms with Crippen LogP contribution in [0.5, 0.6) is 5.75 Å². The summed E-state index contributed by atoms with van der Waals surface area (Å²) in [6.45, 7) is 5.69.